The zero-order valence-electron chi connectivity index (χ0n) is 5.32. The fraction of sp³-hybridized carbons (Fsp3) is 0.833. The molecular formula is C6H8O3S. The molecule has 2 aliphatic rings. The molecule has 2 aliphatic heterocycles. The summed E-state index contributed by atoms with van der Waals surface area (Å²) < 4.78 is 4.89. The second-order valence-corrected chi connectivity index (χ2v) is 3.87. The number of rotatable bonds is 0. The maximum Gasteiger partial charge on any atom is 0.307 e. The van der Waals surface area contributed by atoms with Crippen molar-refractivity contribution in [3.63, 3.8) is 0 Å². The van der Waals surface area contributed by atoms with Gasteiger partial charge >= 0.3 is 5.97 Å². The summed E-state index contributed by atoms with van der Waals surface area (Å²) in [4.78, 5) is 10.7. The molecule has 2 heterocycles. The van der Waals surface area contributed by atoms with Crippen LogP contribution in [0.15, 0.2) is 0 Å². The van der Waals surface area contributed by atoms with E-state index in [-0.39, 0.29) is 17.3 Å². The van der Waals surface area contributed by atoms with Gasteiger partial charge in [0.1, 0.15) is 12.2 Å². The molecule has 0 aromatic carbocycles. The zero-order valence-corrected chi connectivity index (χ0v) is 6.13. The van der Waals surface area contributed by atoms with Crippen LogP contribution in [0.2, 0.25) is 0 Å². The van der Waals surface area contributed by atoms with Crippen molar-refractivity contribution in [2.75, 3.05) is 5.75 Å². The number of hydrogen-bond acceptors (Lipinski definition) is 4. The van der Waals surface area contributed by atoms with E-state index in [1.807, 2.05) is 0 Å². The first kappa shape index (κ1) is 6.49. The van der Waals surface area contributed by atoms with Crippen molar-refractivity contribution in [3.05, 3.63) is 0 Å². The Morgan fingerprint density at radius 1 is 1.70 bits per heavy atom. The minimum atomic E-state index is -0.429. The Morgan fingerprint density at radius 3 is 3.20 bits per heavy atom. The van der Waals surface area contributed by atoms with Crippen LogP contribution in [0.25, 0.3) is 0 Å². The maximum atomic E-state index is 10.7. The summed E-state index contributed by atoms with van der Waals surface area (Å²) >= 11 is 1.63. The first-order valence-electron chi connectivity index (χ1n) is 3.26. The molecule has 0 unspecified atom stereocenters. The van der Waals surface area contributed by atoms with Crippen LogP contribution in [0, 0.1) is 0 Å². The van der Waals surface area contributed by atoms with E-state index in [9.17, 15) is 9.90 Å². The van der Waals surface area contributed by atoms with Crippen molar-refractivity contribution in [3.8, 4) is 0 Å². The predicted molar refractivity (Wildman–Crippen MR) is 36.7 cm³/mol. The highest BCUT2D eigenvalue weighted by atomic mass is 32.2. The van der Waals surface area contributed by atoms with Crippen molar-refractivity contribution in [1.82, 2.24) is 0 Å². The van der Waals surface area contributed by atoms with Crippen LogP contribution in [0.5, 0.6) is 0 Å². The van der Waals surface area contributed by atoms with Crippen molar-refractivity contribution in [1.29, 1.82) is 0 Å². The molecule has 3 nitrogen and oxygen atoms in total. The summed E-state index contributed by atoms with van der Waals surface area (Å²) in [7, 11) is 0. The molecule has 0 bridgehead atoms. The zero-order chi connectivity index (χ0) is 7.14. The summed E-state index contributed by atoms with van der Waals surface area (Å²) in [5.74, 6) is 0.545. The van der Waals surface area contributed by atoms with Crippen LogP contribution >= 0.6 is 11.8 Å². The third-order valence-corrected chi connectivity index (χ3v) is 3.26. The summed E-state index contributed by atoms with van der Waals surface area (Å²) in [5.41, 5.74) is 0. The Hall–Kier alpha value is -0.220. The lowest BCUT2D eigenvalue weighted by molar-refractivity contribution is -0.144. The average molecular weight is 160 g/mol. The maximum absolute atomic E-state index is 10.7. The first-order valence-corrected chi connectivity index (χ1v) is 4.31. The standard InChI is InChI=1S/C6H8O3S/c7-3-2-10-4-1-5(8)9-6(3)4/h3-4,6-7H,1-2H2/t3-,4-,6-/m0/s1. The number of aliphatic hydroxyl groups is 1. The third kappa shape index (κ3) is 0.828. The van der Waals surface area contributed by atoms with Crippen molar-refractivity contribution >= 4 is 17.7 Å². The minimum absolute atomic E-state index is 0.166. The molecule has 10 heavy (non-hydrogen) atoms. The minimum Gasteiger partial charge on any atom is -0.458 e. The molecule has 56 valence electrons. The lowest BCUT2D eigenvalue weighted by Gasteiger charge is -2.09. The van der Waals surface area contributed by atoms with Crippen LogP contribution < -0.4 is 0 Å². The molecule has 0 aromatic heterocycles. The number of fused-ring (bicyclic) bond motifs is 1. The number of hydrogen-bond donors (Lipinski definition) is 1. The van der Waals surface area contributed by atoms with Gasteiger partial charge in [-0.15, -0.1) is 0 Å². The van der Waals surface area contributed by atoms with E-state index in [0.717, 1.165) is 0 Å². The normalized spacial score (nSPS) is 45.3. The van der Waals surface area contributed by atoms with Gasteiger partial charge in [0, 0.05) is 5.75 Å². The van der Waals surface area contributed by atoms with E-state index in [0.29, 0.717) is 12.2 Å². The molecule has 2 saturated heterocycles. The van der Waals surface area contributed by atoms with Crippen LogP contribution in [-0.4, -0.2) is 34.3 Å². The highest BCUT2D eigenvalue weighted by Gasteiger charge is 2.44. The van der Waals surface area contributed by atoms with E-state index in [2.05, 4.69) is 0 Å². The lowest BCUT2D eigenvalue weighted by atomic mass is 10.1. The molecule has 0 aromatic rings. The molecule has 2 rings (SSSR count). The van der Waals surface area contributed by atoms with Crippen molar-refractivity contribution in [2.24, 2.45) is 0 Å². The fourth-order valence-electron chi connectivity index (χ4n) is 1.35. The smallest absolute Gasteiger partial charge is 0.307 e. The number of thioether (sulfide) groups is 1. The molecule has 3 atom stereocenters. The molecule has 0 spiro atoms. The van der Waals surface area contributed by atoms with E-state index in [1.165, 1.54) is 0 Å². The van der Waals surface area contributed by atoms with Gasteiger partial charge in [0.2, 0.25) is 0 Å². The summed E-state index contributed by atoms with van der Waals surface area (Å²) in [6, 6.07) is 0. The summed E-state index contributed by atoms with van der Waals surface area (Å²) in [5, 5.41) is 9.44. The van der Waals surface area contributed by atoms with E-state index < -0.39 is 6.10 Å². The monoisotopic (exact) mass is 160 g/mol. The van der Waals surface area contributed by atoms with Crippen LogP contribution in [0.1, 0.15) is 6.42 Å². The van der Waals surface area contributed by atoms with Gasteiger partial charge in [-0.3, -0.25) is 4.79 Å². The van der Waals surface area contributed by atoms with Gasteiger partial charge < -0.3 is 9.84 Å². The summed E-state index contributed by atoms with van der Waals surface area (Å²) in [6.45, 7) is 0. The number of carbonyl (C=O) groups excluding carboxylic acids is 1. The Kier molecular flexibility index (Phi) is 1.38. The average Bonchev–Trinajstić information content (AvgIpc) is 2.35. The number of esters is 1. The second-order valence-electron chi connectivity index (χ2n) is 2.60. The molecule has 1 N–H and O–H groups in total. The Balaban J connectivity index is 2.12. The Morgan fingerprint density at radius 2 is 2.50 bits per heavy atom. The molecule has 0 saturated carbocycles. The number of carbonyl (C=O) groups is 1. The van der Waals surface area contributed by atoms with Crippen molar-refractivity contribution < 1.29 is 14.6 Å². The molecule has 0 radical (unpaired) electrons. The van der Waals surface area contributed by atoms with Crippen LogP contribution in [-0.2, 0) is 9.53 Å². The fourth-order valence-corrected chi connectivity index (χ4v) is 2.67. The van der Waals surface area contributed by atoms with Crippen LogP contribution in [0.4, 0.5) is 0 Å². The van der Waals surface area contributed by atoms with Crippen LogP contribution in [0.3, 0.4) is 0 Å². The highest BCUT2D eigenvalue weighted by Crippen LogP contribution is 2.36. The van der Waals surface area contributed by atoms with Gasteiger partial charge in [-0.25, -0.2) is 0 Å². The van der Waals surface area contributed by atoms with Gasteiger partial charge in [-0.1, -0.05) is 0 Å². The van der Waals surface area contributed by atoms with Gasteiger partial charge in [-0.2, -0.15) is 11.8 Å². The number of ether oxygens (including phenoxy) is 1. The first-order chi connectivity index (χ1) is 4.77. The SMILES string of the molecule is O=C1C[C@@H]2SC[C@H](O)[C@@H]2O1. The largest absolute Gasteiger partial charge is 0.458 e. The molecule has 0 amide bonds. The Labute approximate surface area is 62.7 Å². The quantitative estimate of drug-likeness (QED) is 0.497. The third-order valence-electron chi connectivity index (χ3n) is 1.86. The van der Waals surface area contributed by atoms with Crippen molar-refractivity contribution in [2.45, 2.75) is 23.9 Å². The molecule has 0 aliphatic carbocycles. The predicted octanol–water partition coefficient (Wildman–Crippen LogP) is -0.222. The van der Waals surface area contributed by atoms with Gasteiger partial charge in [0.25, 0.3) is 0 Å². The van der Waals surface area contributed by atoms with E-state index in [1.54, 1.807) is 11.8 Å². The van der Waals surface area contributed by atoms with E-state index >= 15 is 0 Å². The Bertz CT molecular complexity index is 170. The molecular weight excluding hydrogens is 152 g/mol. The van der Waals surface area contributed by atoms with Gasteiger partial charge in [-0.05, 0) is 0 Å². The highest BCUT2D eigenvalue weighted by molar-refractivity contribution is 8.00. The lowest BCUT2D eigenvalue weighted by Crippen LogP contribution is -2.26. The number of aliphatic hydroxyl groups excluding tert-OH is 1. The summed E-state index contributed by atoms with van der Waals surface area (Å²) in [6.07, 6.45) is -0.161. The second kappa shape index (κ2) is 2.13. The molecule has 2 fully saturated rings. The van der Waals surface area contributed by atoms with Gasteiger partial charge in [0.15, 0.2) is 0 Å². The van der Waals surface area contributed by atoms with Gasteiger partial charge in [0.05, 0.1) is 11.7 Å². The molecule has 4 heteroatoms. The van der Waals surface area contributed by atoms with E-state index in [4.69, 9.17) is 4.74 Å². The topological polar surface area (TPSA) is 46.5 Å².